The number of fused-ring (bicyclic) bond motifs is 1. The van der Waals surface area contributed by atoms with Gasteiger partial charge in [0.1, 0.15) is 19.9 Å². The summed E-state index contributed by atoms with van der Waals surface area (Å²) in [4.78, 5) is 15.1. The lowest BCUT2D eigenvalue weighted by molar-refractivity contribution is -0.142. The molecule has 0 spiro atoms. The van der Waals surface area contributed by atoms with E-state index >= 15 is 0 Å². The number of carbonyl (C=O) groups is 1. The summed E-state index contributed by atoms with van der Waals surface area (Å²) in [7, 11) is -3.58. The van der Waals surface area contributed by atoms with Crippen LogP contribution in [-0.4, -0.2) is 59.0 Å². The van der Waals surface area contributed by atoms with Gasteiger partial charge in [0, 0.05) is 12.1 Å². The number of aromatic nitrogens is 3. The molecule has 0 aliphatic heterocycles. The normalized spacial score (nSPS) is 12.2. The first-order chi connectivity index (χ1) is 19.9. The van der Waals surface area contributed by atoms with Crippen LogP contribution >= 0.6 is 22.9 Å². The maximum atomic E-state index is 13.4. The number of halogens is 7. The van der Waals surface area contributed by atoms with Crippen LogP contribution in [0.25, 0.3) is 16.9 Å². The summed E-state index contributed by atoms with van der Waals surface area (Å²) in [5.74, 6) is -2.14. The maximum Gasteiger partial charge on any atom is 0.433 e. The number of aliphatic hydroxyl groups is 1. The molecule has 234 valence electrons. The Labute approximate surface area is 247 Å². The predicted molar refractivity (Wildman–Crippen MR) is 143 cm³/mol. The van der Waals surface area contributed by atoms with E-state index < -0.39 is 56.6 Å². The van der Waals surface area contributed by atoms with Gasteiger partial charge in [-0.25, -0.2) is 27.4 Å². The van der Waals surface area contributed by atoms with E-state index in [0.717, 1.165) is 23.5 Å². The number of benzene rings is 1. The van der Waals surface area contributed by atoms with Gasteiger partial charge < -0.3 is 20.7 Å². The van der Waals surface area contributed by atoms with E-state index in [0.29, 0.717) is 22.8 Å². The van der Waals surface area contributed by atoms with Crippen molar-refractivity contribution in [3.05, 3.63) is 57.7 Å². The average Bonchev–Trinajstić information content (AvgIpc) is 3.49. The van der Waals surface area contributed by atoms with Crippen molar-refractivity contribution in [1.29, 1.82) is 0 Å². The number of hydrogen-bond donors (Lipinski definition) is 4. The molecule has 5 N–H and O–H groups in total. The van der Waals surface area contributed by atoms with Crippen molar-refractivity contribution in [1.82, 2.24) is 19.3 Å². The number of carboxylic acids is 1. The van der Waals surface area contributed by atoms with Crippen molar-refractivity contribution in [3.8, 4) is 17.0 Å². The van der Waals surface area contributed by atoms with Gasteiger partial charge in [-0.2, -0.15) is 31.4 Å². The third kappa shape index (κ3) is 7.85. The Balaban J connectivity index is 0.000000303. The number of aromatic carboxylic acids is 1. The number of aliphatic hydroxyl groups excluding tert-OH is 1. The van der Waals surface area contributed by atoms with Gasteiger partial charge in [0.05, 0.1) is 36.4 Å². The minimum Gasteiger partial charge on any atom is -0.493 e. The van der Waals surface area contributed by atoms with Gasteiger partial charge in [-0.1, -0.05) is 17.7 Å². The van der Waals surface area contributed by atoms with E-state index in [9.17, 15) is 39.6 Å². The molecule has 0 bridgehead atoms. The molecule has 3 heterocycles. The quantitative estimate of drug-likeness (QED) is 0.192. The molecule has 1 aromatic carbocycles. The van der Waals surface area contributed by atoms with Crippen molar-refractivity contribution in [2.75, 3.05) is 25.5 Å². The molecule has 0 aliphatic carbocycles. The molecule has 3 aromatic heterocycles. The molecule has 4 rings (SSSR count). The minimum absolute atomic E-state index is 0.0300. The number of nitrogens with two attached hydrogens (primary N) is 1. The summed E-state index contributed by atoms with van der Waals surface area (Å²) in [6, 6.07) is 4.36. The molecule has 4 aromatic rings. The van der Waals surface area contributed by atoms with Crippen LogP contribution in [0.15, 0.2) is 40.7 Å². The monoisotopic (exact) mass is 675 g/mol. The number of hydrogen-bond acceptors (Lipinski definition) is 9. The third-order valence-corrected chi connectivity index (χ3v) is 8.56. The fourth-order valence-corrected chi connectivity index (χ4v) is 6.03. The number of ether oxygens (including phenoxy) is 1. The molecule has 11 nitrogen and oxygen atoms in total. The Morgan fingerprint density at radius 2 is 1.84 bits per heavy atom. The number of rotatable bonds is 8. The number of nitrogens with one attached hydrogen (secondary N) is 1. The zero-order valence-corrected chi connectivity index (χ0v) is 23.9. The molecule has 0 saturated carbocycles. The summed E-state index contributed by atoms with van der Waals surface area (Å²) in [5, 5.41) is 21.0. The summed E-state index contributed by atoms with van der Waals surface area (Å²) >= 11 is 6.50. The smallest absolute Gasteiger partial charge is 0.433 e. The van der Waals surface area contributed by atoms with Gasteiger partial charge >= 0.3 is 18.3 Å². The van der Waals surface area contributed by atoms with Crippen LogP contribution in [0.3, 0.4) is 0 Å². The lowest BCUT2D eigenvalue weighted by Gasteiger charge is -2.15. The Bertz CT molecular complexity index is 1720. The molecular formula is C23H20ClF6N5O6S2. The maximum absolute atomic E-state index is 13.4. The van der Waals surface area contributed by atoms with Crippen molar-refractivity contribution in [2.45, 2.75) is 23.5 Å². The number of carboxylic acid groups (broad SMARTS) is 1. The largest absolute Gasteiger partial charge is 0.493 e. The molecular weight excluding hydrogens is 656 g/mol. The molecule has 43 heavy (non-hydrogen) atoms. The summed E-state index contributed by atoms with van der Waals surface area (Å²) < 4.78 is 110. The van der Waals surface area contributed by atoms with Gasteiger partial charge in [-0.3, -0.25) is 0 Å². The Morgan fingerprint density at radius 3 is 2.35 bits per heavy atom. The van der Waals surface area contributed by atoms with E-state index in [2.05, 4.69) is 14.8 Å². The number of sulfonamides is 1. The van der Waals surface area contributed by atoms with Crippen molar-refractivity contribution < 1.29 is 54.5 Å². The molecule has 0 atom stereocenters. The highest BCUT2D eigenvalue weighted by molar-refractivity contribution is 7.91. The first-order valence-corrected chi connectivity index (χ1v) is 14.3. The van der Waals surface area contributed by atoms with Gasteiger partial charge in [0.2, 0.25) is 10.0 Å². The van der Waals surface area contributed by atoms with Crippen LogP contribution in [0.5, 0.6) is 5.75 Å². The number of thiophene rings is 1. The Morgan fingerprint density at radius 1 is 1.16 bits per heavy atom. The number of anilines is 1. The van der Waals surface area contributed by atoms with Crippen LogP contribution in [-0.2, 0) is 22.4 Å². The van der Waals surface area contributed by atoms with Gasteiger partial charge in [-0.15, -0.1) is 11.3 Å². The SMILES string of the molecule is CCOc1cc(-c2cc(C(F)(F)F)n3ncc(C(=O)O)c3n2)ccc1C(F)(F)F.Nc1cc(S(=O)(=O)NCCO)sc1Cl. The number of alkyl halides is 6. The molecule has 0 fully saturated rings. The number of nitrogen functional groups attached to an aromatic ring is 1. The highest BCUT2D eigenvalue weighted by atomic mass is 35.5. The van der Waals surface area contributed by atoms with Crippen molar-refractivity contribution in [3.63, 3.8) is 0 Å². The Hall–Kier alpha value is -3.65. The van der Waals surface area contributed by atoms with Crippen molar-refractivity contribution in [2.24, 2.45) is 0 Å². The first kappa shape index (κ1) is 33.8. The second-order valence-electron chi connectivity index (χ2n) is 8.18. The first-order valence-electron chi connectivity index (χ1n) is 11.6. The molecule has 0 unspecified atom stereocenters. The predicted octanol–water partition coefficient (Wildman–Crippen LogP) is 4.79. The molecule has 0 saturated heterocycles. The van der Waals surface area contributed by atoms with Gasteiger partial charge in [0.25, 0.3) is 0 Å². The molecule has 0 aliphatic rings. The second kappa shape index (κ2) is 12.9. The van der Waals surface area contributed by atoms with Crippen LogP contribution < -0.4 is 15.2 Å². The highest BCUT2D eigenvalue weighted by Gasteiger charge is 2.37. The fraction of sp³-hybridized carbons (Fsp3) is 0.261. The van der Waals surface area contributed by atoms with E-state index in [-0.39, 0.29) is 45.2 Å². The van der Waals surface area contributed by atoms with Crippen LogP contribution in [0.2, 0.25) is 4.34 Å². The minimum atomic E-state index is -4.92. The van der Waals surface area contributed by atoms with E-state index in [1.165, 1.54) is 13.0 Å². The van der Waals surface area contributed by atoms with Crippen LogP contribution in [0.4, 0.5) is 32.0 Å². The number of nitrogens with zero attached hydrogens (tertiary/aromatic N) is 3. The second-order valence-corrected chi connectivity index (χ2v) is 11.8. The lowest BCUT2D eigenvalue weighted by atomic mass is 10.1. The van der Waals surface area contributed by atoms with Gasteiger partial charge in [-0.05, 0) is 31.2 Å². The van der Waals surface area contributed by atoms with Crippen molar-refractivity contribution >= 4 is 50.3 Å². The lowest BCUT2D eigenvalue weighted by Crippen LogP contribution is -2.25. The van der Waals surface area contributed by atoms with E-state index in [1.807, 2.05) is 0 Å². The highest BCUT2D eigenvalue weighted by Crippen LogP contribution is 2.39. The molecule has 0 radical (unpaired) electrons. The zero-order chi connectivity index (χ0) is 32.3. The topological polar surface area (TPSA) is 169 Å². The van der Waals surface area contributed by atoms with Crippen LogP contribution in [0, 0.1) is 0 Å². The average molecular weight is 676 g/mol. The third-order valence-electron chi connectivity index (χ3n) is 5.23. The van der Waals surface area contributed by atoms with Gasteiger partial charge in [0.15, 0.2) is 11.3 Å². The summed E-state index contributed by atoms with van der Waals surface area (Å²) in [6.07, 6.45) is -8.95. The molecule has 0 amide bonds. The van der Waals surface area contributed by atoms with E-state index in [4.69, 9.17) is 32.3 Å². The fourth-order valence-electron chi connectivity index (χ4n) is 3.40. The molecule has 20 heteroatoms. The summed E-state index contributed by atoms with van der Waals surface area (Å²) in [6.45, 7) is 1.05. The standard InChI is InChI=1S/C17H11F6N3O3.C6H9ClN2O3S2/c1-2-29-12-5-8(3-4-10(12)16(18,19)20)11-6-13(17(21,22)23)26-14(25-11)9(7-24-26)15(27)28;7-6-4(8)3-5(13-6)14(11,12)9-1-2-10/h3-7H,2H2,1H3,(H,27,28);3,9-10H,1-2,8H2. The Kier molecular flexibility index (Phi) is 10.2. The van der Waals surface area contributed by atoms with Crippen LogP contribution in [0.1, 0.15) is 28.5 Å². The van der Waals surface area contributed by atoms with E-state index in [1.54, 1.807) is 0 Å². The zero-order valence-electron chi connectivity index (χ0n) is 21.5. The summed E-state index contributed by atoms with van der Waals surface area (Å²) in [5.41, 5.74) is 1.52.